The minimum Gasteiger partial charge on any atom is -0.371 e. The van der Waals surface area contributed by atoms with Gasteiger partial charge in [0, 0.05) is 38.4 Å². The number of anilines is 1. The molecule has 28 heavy (non-hydrogen) atoms. The molecule has 1 aromatic heterocycles. The lowest BCUT2D eigenvalue weighted by Crippen LogP contribution is -2.56. The van der Waals surface area contributed by atoms with Crippen LogP contribution in [0.4, 0.5) is 5.69 Å². The van der Waals surface area contributed by atoms with Crippen LogP contribution in [0.15, 0.2) is 42.9 Å². The third kappa shape index (κ3) is 4.00. The summed E-state index contributed by atoms with van der Waals surface area (Å²) in [5.74, 6) is 0.0599. The highest BCUT2D eigenvalue weighted by atomic mass is 16.5. The number of nitrogens with zero attached hydrogens (tertiary/aromatic N) is 4. The third-order valence-corrected chi connectivity index (χ3v) is 5.65. The van der Waals surface area contributed by atoms with Gasteiger partial charge in [-0.3, -0.25) is 10.1 Å². The van der Waals surface area contributed by atoms with Gasteiger partial charge in [0.2, 0.25) is 5.91 Å². The number of ether oxygens (including phenoxy) is 1. The smallest absolute Gasteiger partial charge is 0.227 e. The fourth-order valence-electron chi connectivity index (χ4n) is 3.95. The van der Waals surface area contributed by atoms with E-state index in [1.54, 1.807) is 18.1 Å². The summed E-state index contributed by atoms with van der Waals surface area (Å²) >= 11 is 0. The highest BCUT2D eigenvalue weighted by molar-refractivity contribution is 5.77. The Hall–Kier alpha value is -2.51. The number of nitrogens with one attached hydrogen (secondary N) is 1. The van der Waals surface area contributed by atoms with Crippen molar-refractivity contribution in [3.63, 3.8) is 0 Å². The Kier molecular flexibility index (Phi) is 5.54. The van der Waals surface area contributed by atoms with Crippen molar-refractivity contribution in [2.75, 3.05) is 25.0 Å². The molecule has 3 heterocycles. The SMILES string of the molecule is Cc1ccccc1N1CCC(OC2NC(c3ccncn3)CC(=O)N2C)CC1. The van der Waals surface area contributed by atoms with Crippen molar-refractivity contribution in [2.45, 2.75) is 44.7 Å². The number of carbonyl (C=O) groups excluding carboxylic acids is 1. The predicted molar refractivity (Wildman–Crippen MR) is 107 cm³/mol. The molecule has 0 radical (unpaired) electrons. The average Bonchev–Trinajstić information content (AvgIpc) is 2.73. The van der Waals surface area contributed by atoms with Gasteiger partial charge in [-0.05, 0) is 37.5 Å². The lowest BCUT2D eigenvalue weighted by atomic mass is 10.0. The number of hydrogen-bond acceptors (Lipinski definition) is 6. The zero-order valence-electron chi connectivity index (χ0n) is 16.4. The van der Waals surface area contributed by atoms with Gasteiger partial charge in [-0.25, -0.2) is 9.97 Å². The highest BCUT2D eigenvalue weighted by Crippen LogP contribution is 2.27. The van der Waals surface area contributed by atoms with E-state index in [1.807, 2.05) is 6.07 Å². The lowest BCUT2D eigenvalue weighted by molar-refractivity contribution is -0.167. The Morgan fingerprint density at radius 1 is 1.18 bits per heavy atom. The Balaban J connectivity index is 1.37. The predicted octanol–water partition coefficient (Wildman–Crippen LogP) is 2.25. The van der Waals surface area contributed by atoms with Crippen molar-refractivity contribution in [3.05, 3.63) is 54.1 Å². The molecular formula is C21H27N5O2. The fourth-order valence-corrected chi connectivity index (χ4v) is 3.95. The van der Waals surface area contributed by atoms with Gasteiger partial charge in [-0.15, -0.1) is 0 Å². The maximum absolute atomic E-state index is 12.5. The van der Waals surface area contributed by atoms with Crippen LogP contribution >= 0.6 is 0 Å². The summed E-state index contributed by atoms with van der Waals surface area (Å²) < 4.78 is 6.31. The van der Waals surface area contributed by atoms with Crippen molar-refractivity contribution in [3.8, 4) is 0 Å². The molecule has 2 unspecified atom stereocenters. The van der Waals surface area contributed by atoms with E-state index in [4.69, 9.17) is 4.74 Å². The van der Waals surface area contributed by atoms with Crippen LogP contribution in [0.2, 0.25) is 0 Å². The molecule has 0 saturated carbocycles. The molecule has 0 spiro atoms. The Bertz CT molecular complexity index is 807. The molecule has 2 atom stereocenters. The number of hydrogen-bond donors (Lipinski definition) is 1. The van der Waals surface area contributed by atoms with Gasteiger partial charge in [0.1, 0.15) is 6.33 Å². The van der Waals surface area contributed by atoms with Crippen molar-refractivity contribution in [1.29, 1.82) is 0 Å². The van der Waals surface area contributed by atoms with E-state index in [1.165, 1.54) is 17.6 Å². The monoisotopic (exact) mass is 381 g/mol. The second kappa shape index (κ2) is 8.24. The molecule has 1 N–H and O–H groups in total. The summed E-state index contributed by atoms with van der Waals surface area (Å²) in [6, 6.07) is 10.2. The molecule has 0 aliphatic carbocycles. The first kappa shape index (κ1) is 18.8. The molecule has 2 aliphatic heterocycles. The first-order valence-corrected chi connectivity index (χ1v) is 9.85. The molecular weight excluding hydrogens is 354 g/mol. The topological polar surface area (TPSA) is 70.6 Å². The fraction of sp³-hybridized carbons (Fsp3) is 0.476. The number of rotatable bonds is 4. The molecule has 7 heteroatoms. The molecule has 2 saturated heterocycles. The summed E-state index contributed by atoms with van der Waals surface area (Å²) in [4.78, 5) is 24.8. The Labute approximate surface area is 165 Å². The molecule has 148 valence electrons. The van der Waals surface area contributed by atoms with Crippen LogP contribution < -0.4 is 10.2 Å². The molecule has 2 fully saturated rings. The van der Waals surface area contributed by atoms with E-state index in [0.717, 1.165) is 31.6 Å². The van der Waals surface area contributed by atoms with Crippen LogP contribution in [0.3, 0.4) is 0 Å². The molecule has 0 bridgehead atoms. The van der Waals surface area contributed by atoms with E-state index < -0.39 is 6.35 Å². The van der Waals surface area contributed by atoms with Crippen LogP contribution in [0.25, 0.3) is 0 Å². The largest absolute Gasteiger partial charge is 0.371 e. The van der Waals surface area contributed by atoms with Crippen LogP contribution in [0.5, 0.6) is 0 Å². The summed E-state index contributed by atoms with van der Waals surface area (Å²) in [5.41, 5.74) is 3.42. The summed E-state index contributed by atoms with van der Waals surface area (Å²) in [6.07, 6.45) is 5.15. The number of aryl methyl sites for hydroxylation is 1. The van der Waals surface area contributed by atoms with Gasteiger partial charge in [-0.2, -0.15) is 0 Å². The molecule has 4 rings (SSSR count). The zero-order chi connectivity index (χ0) is 19.5. The summed E-state index contributed by atoms with van der Waals surface area (Å²) in [7, 11) is 1.79. The zero-order valence-corrected chi connectivity index (χ0v) is 16.4. The number of para-hydroxylation sites is 1. The van der Waals surface area contributed by atoms with Gasteiger partial charge in [-0.1, -0.05) is 18.2 Å². The number of carbonyl (C=O) groups is 1. The quantitative estimate of drug-likeness (QED) is 0.876. The maximum Gasteiger partial charge on any atom is 0.227 e. The van der Waals surface area contributed by atoms with Gasteiger partial charge in [0.05, 0.1) is 17.8 Å². The van der Waals surface area contributed by atoms with Crippen molar-refractivity contribution >= 4 is 11.6 Å². The number of piperidine rings is 1. The molecule has 7 nitrogen and oxygen atoms in total. The van der Waals surface area contributed by atoms with E-state index in [2.05, 4.69) is 51.4 Å². The van der Waals surface area contributed by atoms with E-state index in [-0.39, 0.29) is 18.1 Å². The van der Waals surface area contributed by atoms with Crippen LogP contribution in [0, 0.1) is 6.92 Å². The molecule has 2 aromatic rings. The van der Waals surface area contributed by atoms with Gasteiger partial charge in [0.15, 0.2) is 6.35 Å². The van der Waals surface area contributed by atoms with Gasteiger partial charge >= 0.3 is 0 Å². The first-order chi connectivity index (χ1) is 13.6. The Morgan fingerprint density at radius 2 is 1.96 bits per heavy atom. The van der Waals surface area contributed by atoms with E-state index >= 15 is 0 Å². The molecule has 2 aliphatic rings. The van der Waals surface area contributed by atoms with Gasteiger partial charge < -0.3 is 14.5 Å². The number of amides is 1. The van der Waals surface area contributed by atoms with Crippen molar-refractivity contribution < 1.29 is 9.53 Å². The normalized spacial score (nSPS) is 23.9. The Morgan fingerprint density at radius 3 is 2.68 bits per heavy atom. The summed E-state index contributed by atoms with van der Waals surface area (Å²) in [5, 5.41) is 3.43. The number of benzene rings is 1. The van der Waals surface area contributed by atoms with E-state index in [9.17, 15) is 4.79 Å². The minimum absolute atomic E-state index is 0.0599. The van der Waals surface area contributed by atoms with Crippen molar-refractivity contribution in [2.24, 2.45) is 0 Å². The maximum atomic E-state index is 12.5. The number of aromatic nitrogens is 2. The minimum atomic E-state index is -0.434. The average molecular weight is 381 g/mol. The highest BCUT2D eigenvalue weighted by Gasteiger charge is 2.35. The standard InChI is InChI=1S/C21H27N5O2/c1-15-5-3-4-6-19(15)26-11-8-16(9-12-26)28-21-24-18(13-20(27)25(21)2)17-7-10-22-14-23-17/h3-7,10,14,16,18,21,24H,8-9,11-13H2,1-2H3. The van der Waals surface area contributed by atoms with E-state index in [0.29, 0.717) is 6.42 Å². The second-order valence-corrected chi connectivity index (χ2v) is 7.52. The van der Waals surface area contributed by atoms with Crippen molar-refractivity contribution in [1.82, 2.24) is 20.2 Å². The van der Waals surface area contributed by atoms with Gasteiger partial charge in [0.25, 0.3) is 0 Å². The van der Waals surface area contributed by atoms with Crippen LogP contribution in [-0.4, -0.2) is 53.4 Å². The lowest BCUT2D eigenvalue weighted by Gasteiger charge is -2.41. The van der Waals surface area contributed by atoms with Crippen LogP contribution in [-0.2, 0) is 9.53 Å². The molecule has 1 amide bonds. The first-order valence-electron chi connectivity index (χ1n) is 9.85. The molecule has 1 aromatic carbocycles. The van der Waals surface area contributed by atoms with Crippen LogP contribution in [0.1, 0.15) is 36.6 Å². The third-order valence-electron chi connectivity index (χ3n) is 5.65. The summed E-state index contributed by atoms with van der Waals surface area (Å²) in [6.45, 7) is 4.06. The second-order valence-electron chi connectivity index (χ2n) is 7.52.